The van der Waals surface area contributed by atoms with Crippen molar-refractivity contribution in [3.8, 4) is 0 Å². The van der Waals surface area contributed by atoms with Crippen LogP contribution >= 0.6 is 0 Å². The molecule has 4 heteroatoms. The summed E-state index contributed by atoms with van der Waals surface area (Å²) in [7, 11) is 1.70. The van der Waals surface area contributed by atoms with Gasteiger partial charge in [0.1, 0.15) is 5.82 Å². The Kier molecular flexibility index (Phi) is 2.92. The van der Waals surface area contributed by atoms with E-state index in [9.17, 15) is 0 Å². The number of rotatable bonds is 4. The fourth-order valence-corrected chi connectivity index (χ4v) is 0.914. The maximum Gasteiger partial charge on any atom is 0.145 e. The van der Waals surface area contributed by atoms with Crippen molar-refractivity contribution in [3.05, 3.63) is 11.8 Å². The van der Waals surface area contributed by atoms with Gasteiger partial charge in [0.2, 0.25) is 0 Å². The molecular formula is C7H13N3O. The molecule has 1 aromatic heterocycles. The van der Waals surface area contributed by atoms with E-state index >= 15 is 0 Å². The van der Waals surface area contributed by atoms with Crippen LogP contribution in [0.1, 0.15) is 12.1 Å². The minimum absolute atomic E-state index is 0.553. The zero-order valence-corrected chi connectivity index (χ0v) is 6.63. The van der Waals surface area contributed by atoms with Crippen molar-refractivity contribution >= 4 is 5.82 Å². The normalized spacial score (nSPS) is 10.3. The van der Waals surface area contributed by atoms with Crippen LogP contribution < -0.4 is 5.73 Å². The Morgan fingerprint density at radius 1 is 1.73 bits per heavy atom. The minimum atomic E-state index is 0.553. The first-order valence-electron chi connectivity index (χ1n) is 3.61. The average Bonchev–Trinajstić information content (AvgIpc) is 2.37. The maximum atomic E-state index is 5.41. The summed E-state index contributed by atoms with van der Waals surface area (Å²) in [4.78, 5) is 0. The summed E-state index contributed by atoms with van der Waals surface area (Å²) in [6.07, 6.45) is 1.94. The van der Waals surface area contributed by atoms with Crippen LogP contribution in [-0.4, -0.2) is 23.9 Å². The third-order valence-electron chi connectivity index (χ3n) is 1.45. The van der Waals surface area contributed by atoms with Gasteiger partial charge in [-0.2, -0.15) is 5.10 Å². The molecule has 3 N–H and O–H groups in total. The van der Waals surface area contributed by atoms with E-state index in [1.165, 1.54) is 0 Å². The van der Waals surface area contributed by atoms with Gasteiger partial charge in [0.05, 0.1) is 0 Å². The number of nitrogens with zero attached hydrogens (tertiary/aromatic N) is 1. The Morgan fingerprint density at radius 2 is 2.55 bits per heavy atom. The first kappa shape index (κ1) is 8.07. The Labute approximate surface area is 65.7 Å². The van der Waals surface area contributed by atoms with E-state index in [-0.39, 0.29) is 0 Å². The van der Waals surface area contributed by atoms with Gasteiger partial charge in [0.15, 0.2) is 0 Å². The molecule has 0 aliphatic heterocycles. The van der Waals surface area contributed by atoms with Gasteiger partial charge in [-0.05, 0) is 12.8 Å². The number of hydrogen-bond acceptors (Lipinski definition) is 3. The largest absolute Gasteiger partial charge is 0.385 e. The average molecular weight is 155 g/mol. The molecule has 0 aromatic carbocycles. The molecule has 1 aromatic rings. The molecular weight excluding hydrogens is 142 g/mol. The lowest BCUT2D eigenvalue weighted by Gasteiger charge is -1.95. The number of hydrogen-bond donors (Lipinski definition) is 2. The molecule has 11 heavy (non-hydrogen) atoms. The van der Waals surface area contributed by atoms with Crippen molar-refractivity contribution in [1.82, 2.24) is 10.2 Å². The van der Waals surface area contributed by atoms with Gasteiger partial charge in [-0.1, -0.05) is 0 Å². The number of aryl methyl sites for hydroxylation is 1. The van der Waals surface area contributed by atoms with Crippen LogP contribution in [0.25, 0.3) is 0 Å². The third-order valence-corrected chi connectivity index (χ3v) is 1.45. The predicted octanol–water partition coefficient (Wildman–Crippen LogP) is 0.571. The molecule has 1 heterocycles. The lowest BCUT2D eigenvalue weighted by molar-refractivity contribution is 0.195. The molecule has 1 rings (SSSR count). The van der Waals surface area contributed by atoms with Gasteiger partial charge in [0, 0.05) is 25.5 Å². The number of nitrogens with one attached hydrogen (secondary N) is 1. The molecule has 4 nitrogen and oxygen atoms in total. The van der Waals surface area contributed by atoms with E-state index in [1.54, 1.807) is 7.11 Å². The van der Waals surface area contributed by atoms with Crippen molar-refractivity contribution in [2.45, 2.75) is 12.8 Å². The summed E-state index contributed by atoms with van der Waals surface area (Å²) in [6.45, 7) is 0.777. The maximum absolute atomic E-state index is 5.41. The van der Waals surface area contributed by atoms with Crippen LogP contribution in [-0.2, 0) is 11.2 Å². The molecule has 0 amide bonds. The van der Waals surface area contributed by atoms with Gasteiger partial charge in [-0.15, -0.1) is 0 Å². The number of nitrogens with two attached hydrogens (primary N) is 1. The summed E-state index contributed by atoms with van der Waals surface area (Å²) in [5, 5.41) is 6.64. The number of H-pyrrole nitrogens is 1. The SMILES string of the molecule is COCCCc1cc(N)n[nH]1. The predicted molar refractivity (Wildman–Crippen MR) is 43.2 cm³/mol. The highest BCUT2D eigenvalue weighted by Gasteiger charge is 1.95. The molecule has 0 aliphatic rings. The molecule has 0 unspecified atom stereocenters. The first-order chi connectivity index (χ1) is 5.33. The standard InChI is InChI=1S/C7H13N3O/c1-11-4-2-3-6-5-7(8)10-9-6/h5H,2-4H2,1H3,(H3,8,9,10). The number of aromatic nitrogens is 2. The van der Waals surface area contributed by atoms with E-state index in [0.717, 1.165) is 25.1 Å². The van der Waals surface area contributed by atoms with Crippen LogP contribution in [0.3, 0.4) is 0 Å². The van der Waals surface area contributed by atoms with Crippen LogP contribution in [0.5, 0.6) is 0 Å². The van der Waals surface area contributed by atoms with E-state index < -0.39 is 0 Å². The van der Waals surface area contributed by atoms with Crippen molar-refractivity contribution in [1.29, 1.82) is 0 Å². The summed E-state index contributed by atoms with van der Waals surface area (Å²) < 4.78 is 4.90. The number of nitrogen functional groups attached to an aromatic ring is 1. The Hall–Kier alpha value is -1.03. The Balaban J connectivity index is 2.27. The van der Waals surface area contributed by atoms with E-state index in [1.807, 2.05) is 6.07 Å². The smallest absolute Gasteiger partial charge is 0.145 e. The molecule has 62 valence electrons. The molecule has 0 bridgehead atoms. The van der Waals surface area contributed by atoms with Crippen LogP contribution in [0, 0.1) is 0 Å². The topological polar surface area (TPSA) is 63.9 Å². The van der Waals surface area contributed by atoms with Crippen molar-refractivity contribution in [3.63, 3.8) is 0 Å². The molecule has 0 spiro atoms. The lowest BCUT2D eigenvalue weighted by atomic mass is 10.2. The molecule has 0 saturated heterocycles. The third kappa shape index (κ3) is 2.59. The quantitative estimate of drug-likeness (QED) is 0.625. The second kappa shape index (κ2) is 3.98. The fraction of sp³-hybridized carbons (Fsp3) is 0.571. The van der Waals surface area contributed by atoms with Crippen LogP contribution in [0.15, 0.2) is 6.07 Å². The lowest BCUT2D eigenvalue weighted by Crippen LogP contribution is -1.92. The van der Waals surface area contributed by atoms with E-state index in [2.05, 4.69) is 10.2 Å². The number of ether oxygens (including phenoxy) is 1. The molecule has 0 atom stereocenters. The zero-order chi connectivity index (χ0) is 8.10. The van der Waals surface area contributed by atoms with Gasteiger partial charge in [-0.3, -0.25) is 5.10 Å². The minimum Gasteiger partial charge on any atom is -0.385 e. The Bertz CT molecular complexity index is 209. The van der Waals surface area contributed by atoms with E-state index in [0.29, 0.717) is 5.82 Å². The highest BCUT2D eigenvalue weighted by molar-refractivity contribution is 5.28. The molecule has 0 fully saturated rings. The first-order valence-corrected chi connectivity index (χ1v) is 3.61. The number of anilines is 1. The zero-order valence-electron chi connectivity index (χ0n) is 6.63. The van der Waals surface area contributed by atoms with Crippen molar-refractivity contribution in [2.24, 2.45) is 0 Å². The van der Waals surface area contributed by atoms with Crippen molar-refractivity contribution in [2.75, 3.05) is 19.5 Å². The van der Waals surface area contributed by atoms with Crippen LogP contribution in [0.2, 0.25) is 0 Å². The highest BCUT2D eigenvalue weighted by Crippen LogP contribution is 2.02. The van der Waals surface area contributed by atoms with Crippen LogP contribution in [0.4, 0.5) is 5.82 Å². The second-order valence-electron chi connectivity index (χ2n) is 2.41. The van der Waals surface area contributed by atoms with Crippen molar-refractivity contribution < 1.29 is 4.74 Å². The van der Waals surface area contributed by atoms with Gasteiger partial charge >= 0.3 is 0 Å². The second-order valence-corrected chi connectivity index (χ2v) is 2.41. The summed E-state index contributed by atoms with van der Waals surface area (Å²) in [5.41, 5.74) is 6.48. The Morgan fingerprint density at radius 3 is 3.09 bits per heavy atom. The summed E-state index contributed by atoms with van der Waals surface area (Å²) in [6, 6.07) is 1.84. The van der Waals surface area contributed by atoms with Gasteiger partial charge < -0.3 is 10.5 Å². The number of methoxy groups -OCH3 is 1. The fourth-order valence-electron chi connectivity index (χ4n) is 0.914. The highest BCUT2D eigenvalue weighted by atomic mass is 16.5. The monoisotopic (exact) mass is 155 g/mol. The van der Waals surface area contributed by atoms with E-state index in [4.69, 9.17) is 10.5 Å². The number of aromatic amines is 1. The van der Waals surface area contributed by atoms with Gasteiger partial charge in [-0.25, -0.2) is 0 Å². The summed E-state index contributed by atoms with van der Waals surface area (Å²) >= 11 is 0. The molecule has 0 saturated carbocycles. The summed E-state index contributed by atoms with van der Waals surface area (Å²) in [5.74, 6) is 0.553. The van der Waals surface area contributed by atoms with Gasteiger partial charge in [0.25, 0.3) is 0 Å². The molecule has 0 aliphatic carbocycles. The molecule has 0 radical (unpaired) electrons.